The Bertz CT molecular complexity index is 706. The monoisotopic (exact) mass is 367 g/mol. The molecule has 1 saturated heterocycles. The number of benzene rings is 2. The summed E-state index contributed by atoms with van der Waals surface area (Å²) in [5.41, 5.74) is 2.48. The molecule has 144 valence electrons. The molecule has 0 saturated carbocycles. The van der Waals surface area contributed by atoms with Gasteiger partial charge in [0.1, 0.15) is 5.75 Å². The van der Waals surface area contributed by atoms with Gasteiger partial charge >= 0.3 is 0 Å². The second-order valence-electron chi connectivity index (χ2n) is 6.66. The van der Waals surface area contributed by atoms with E-state index in [0.717, 1.165) is 45.0 Å². The number of ether oxygens (including phenoxy) is 1. The van der Waals surface area contributed by atoms with E-state index in [4.69, 9.17) is 4.74 Å². The van der Waals surface area contributed by atoms with Crippen LogP contribution in [-0.2, 0) is 4.79 Å². The number of hydrogen-bond acceptors (Lipinski definition) is 4. The molecule has 0 aliphatic carbocycles. The van der Waals surface area contributed by atoms with E-state index in [-0.39, 0.29) is 12.5 Å². The molecule has 5 nitrogen and oxygen atoms in total. The van der Waals surface area contributed by atoms with Crippen molar-refractivity contribution >= 4 is 17.3 Å². The largest absolute Gasteiger partial charge is 0.484 e. The summed E-state index contributed by atoms with van der Waals surface area (Å²) in [6.45, 7) is 9.64. The zero-order valence-electron chi connectivity index (χ0n) is 16.3. The summed E-state index contributed by atoms with van der Waals surface area (Å²) in [7, 11) is 0. The lowest BCUT2D eigenvalue weighted by Gasteiger charge is -2.36. The maximum absolute atomic E-state index is 12.4. The smallest absolute Gasteiger partial charge is 0.260 e. The van der Waals surface area contributed by atoms with E-state index in [1.54, 1.807) is 0 Å². The first-order chi connectivity index (χ1) is 13.2. The molecule has 0 spiro atoms. The van der Waals surface area contributed by atoms with Crippen LogP contribution in [0.3, 0.4) is 0 Å². The van der Waals surface area contributed by atoms with Gasteiger partial charge in [0, 0.05) is 50.6 Å². The molecule has 1 aliphatic rings. The van der Waals surface area contributed by atoms with Crippen LogP contribution in [0.5, 0.6) is 5.75 Å². The van der Waals surface area contributed by atoms with E-state index < -0.39 is 0 Å². The molecule has 3 rings (SSSR count). The molecule has 1 heterocycles. The Kier molecular flexibility index (Phi) is 6.58. The van der Waals surface area contributed by atoms with Gasteiger partial charge in [0.25, 0.3) is 5.91 Å². The van der Waals surface area contributed by atoms with Gasteiger partial charge in [0.15, 0.2) is 6.61 Å². The van der Waals surface area contributed by atoms with E-state index in [1.165, 1.54) is 11.4 Å². The van der Waals surface area contributed by atoms with Crippen LogP contribution < -0.4 is 14.5 Å². The van der Waals surface area contributed by atoms with Gasteiger partial charge in [0.2, 0.25) is 0 Å². The van der Waals surface area contributed by atoms with Gasteiger partial charge in [-0.05, 0) is 50.2 Å². The van der Waals surface area contributed by atoms with Gasteiger partial charge in [-0.15, -0.1) is 0 Å². The second kappa shape index (κ2) is 9.31. The standard InChI is InChI=1S/C22H29N3O2/c1-3-23(4-2)19-10-12-20(13-11-19)24-14-16-25(17-15-24)22(26)18-27-21-8-6-5-7-9-21/h5-13H,3-4,14-18H2,1-2H3. The van der Waals surface area contributed by atoms with Crippen molar-refractivity contribution in [3.05, 3.63) is 54.6 Å². The molecule has 0 aromatic heterocycles. The Morgan fingerprint density at radius 2 is 1.56 bits per heavy atom. The summed E-state index contributed by atoms with van der Waals surface area (Å²) in [6, 6.07) is 18.2. The van der Waals surface area contributed by atoms with E-state index in [1.807, 2.05) is 35.2 Å². The lowest BCUT2D eigenvalue weighted by Crippen LogP contribution is -2.50. The average Bonchev–Trinajstić information content (AvgIpc) is 2.74. The first-order valence-corrected chi connectivity index (χ1v) is 9.76. The quantitative estimate of drug-likeness (QED) is 0.753. The first kappa shape index (κ1) is 19.1. The van der Waals surface area contributed by atoms with Crippen LogP contribution in [-0.4, -0.2) is 56.7 Å². The number of para-hydroxylation sites is 1. The SMILES string of the molecule is CCN(CC)c1ccc(N2CCN(C(=O)COc3ccccc3)CC2)cc1. The zero-order chi connectivity index (χ0) is 19.1. The molecule has 2 aromatic rings. The number of carbonyl (C=O) groups excluding carboxylic acids is 1. The zero-order valence-corrected chi connectivity index (χ0v) is 16.3. The first-order valence-electron chi connectivity index (χ1n) is 9.76. The normalized spacial score (nSPS) is 14.1. The Hall–Kier alpha value is -2.69. The average molecular weight is 367 g/mol. The summed E-state index contributed by atoms with van der Waals surface area (Å²) >= 11 is 0. The number of amides is 1. The van der Waals surface area contributed by atoms with Crippen molar-refractivity contribution in [3.63, 3.8) is 0 Å². The van der Waals surface area contributed by atoms with Crippen LogP contribution in [0.2, 0.25) is 0 Å². The van der Waals surface area contributed by atoms with Gasteiger partial charge in [-0.25, -0.2) is 0 Å². The third-order valence-corrected chi connectivity index (χ3v) is 5.08. The molecule has 2 aromatic carbocycles. The lowest BCUT2D eigenvalue weighted by molar-refractivity contribution is -0.133. The van der Waals surface area contributed by atoms with Crippen LogP contribution in [0, 0.1) is 0 Å². The van der Waals surface area contributed by atoms with E-state index >= 15 is 0 Å². The maximum Gasteiger partial charge on any atom is 0.260 e. The second-order valence-corrected chi connectivity index (χ2v) is 6.66. The number of hydrogen-bond donors (Lipinski definition) is 0. The molecule has 27 heavy (non-hydrogen) atoms. The minimum atomic E-state index is 0.0513. The Balaban J connectivity index is 1.49. The Morgan fingerprint density at radius 1 is 0.926 bits per heavy atom. The van der Waals surface area contributed by atoms with Crippen molar-refractivity contribution in [2.45, 2.75) is 13.8 Å². The molecule has 1 aliphatic heterocycles. The molecular weight excluding hydrogens is 338 g/mol. The molecule has 1 amide bonds. The molecule has 0 radical (unpaired) electrons. The molecule has 0 bridgehead atoms. The lowest BCUT2D eigenvalue weighted by atomic mass is 10.2. The van der Waals surface area contributed by atoms with E-state index in [9.17, 15) is 4.79 Å². The fraction of sp³-hybridized carbons (Fsp3) is 0.409. The summed E-state index contributed by atoms with van der Waals surface area (Å²) in [5.74, 6) is 0.785. The van der Waals surface area contributed by atoms with Crippen LogP contribution in [0.4, 0.5) is 11.4 Å². The Morgan fingerprint density at radius 3 is 2.15 bits per heavy atom. The van der Waals surface area contributed by atoms with Gasteiger partial charge in [-0.3, -0.25) is 4.79 Å². The number of rotatable bonds is 7. The van der Waals surface area contributed by atoms with E-state index in [0.29, 0.717) is 0 Å². The Labute approximate surface area is 162 Å². The molecular formula is C22H29N3O2. The van der Waals surface area contributed by atoms with Crippen molar-refractivity contribution < 1.29 is 9.53 Å². The predicted molar refractivity (Wildman–Crippen MR) is 111 cm³/mol. The highest BCUT2D eigenvalue weighted by atomic mass is 16.5. The van der Waals surface area contributed by atoms with Crippen molar-refractivity contribution in [1.82, 2.24) is 4.90 Å². The topological polar surface area (TPSA) is 36.0 Å². The maximum atomic E-state index is 12.4. The number of nitrogens with zero attached hydrogens (tertiary/aromatic N) is 3. The number of anilines is 2. The van der Waals surface area contributed by atoms with Crippen molar-refractivity contribution in [1.29, 1.82) is 0 Å². The molecule has 0 atom stereocenters. The fourth-order valence-electron chi connectivity index (χ4n) is 3.43. The summed E-state index contributed by atoms with van der Waals surface area (Å²) in [5, 5.41) is 0. The number of carbonyl (C=O) groups is 1. The summed E-state index contributed by atoms with van der Waals surface area (Å²) in [6.07, 6.45) is 0. The highest BCUT2D eigenvalue weighted by Crippen LogP contribution is 2.22. The summed E-state index contributed by atoms with van der Waals surface area (Å²) in [4.78, 5) is 19.0. The predicted octanol–water partition coefficient (Wildman–Crippen LogP) is 3.26. The molecule has 1 fully saturated rings. The molecule has 5 heteroatoms. The van der Waals surface area contributed by atoms with Crippen LogP contribution in [0.15, 0.2) is 54.6 Å². The highest BCUT2D eigenvalue weighted by Gasteiger charge is 2.21. The van der Waals surface area contributed by atoms with Crippen LogP contribution in [0.1, 0.15) is 13.8 Å². The number of piperazine rings is 1. The van der Waals surface area contributed by atoms with Gasteiger partial charge < -0.3 is 19.4 Å². The molecule has 0 unspecified atom stereocenters. The molecule has 0 N–H and O–H groups in total. The third kappa shape index (κ3) is 4.94. The van der Waals surface area contributed by atoms with Crippen molar-refractivity contribution in [3.8, 4) is 5.75 Å². The van der Waals surface area contributed by atoms with Crippen LogP contribution >= 0.6 is 0 Å². The van der Waals surface area contributed by atoms with Gasteiger partial charge in [-0.1, -0.05) is 18.2 Å². The summed E-state index contributed by atoms with van der Waals surface area (Å²) < 4.78 is 5.58. The fourth-order valence-corrected chi connectivity index (χ4v) is 3.43. The van der Waals surface area contributed by atoms with Crippen molar-refractivity contribution in [2.24, 2.45) is 0 Å². The highest BCUT2D eigenvalue weighted by molar-refractivity contribution is 5.78. The third-order valence-electron chi connectivity index (χ3n) is 5.08. The minimum absolute atomic E-state index is 0.0513. The van der Waals surface area contributed by atoms with E-state index in [2.05, 4.69) is 47.9 Å². The minimum Gasteiger partial charge on any atom is -0.484 e. The van der Waals surface area contributed by atoms with Gasteiger partial charge in [-0.2, -0.15) is 0 Å². The van der Waals surface area contributed by atoms with Crippen LogP contribution in [0.25, 0.3) is 0 Å². The van der Waals surface area contributed by atoms with Gasteiger partial charge in [0.05, 0.1) is 0 Å². The van der Waals surface area contributed by atoms with Crippen molar-refractivity contribution in [2.75, 3.05) is 55.7 Å².